The molecule has 1 aromatic carbocycles. The number of sulfonamides is 1. The van der Waals surface area contributed by atoms with Crippen molar-refractivity contribution in [2.24, 2.45) is 0 Å². The predicted octanol–water partition coefficient (Wildman–Crippen LogP) is 3.09. The number of halogens is 1. The van der Waals surface area contributed by atoms with Gasteiger partial charge in [0.25, 0.3) is 15.9 Å². The number of nitrogens with one attached hydrogen (secondary N) is 1. The number of amides is 1. The summed E-state index contributed by atoms with van der Waals surface area (Å²) >= 11 is 4.58. The average Bonchev–Trinajstić information content (AvgIpc) is 3.10. The molecule has 1 aliphatic heterocycles. The molecule has 0 atom stereocenters. The van der Waals surface area contributed by atoms with Crippen molar-refractivity contribution in [1.29, 1.82) is 0 Å². The van der Waals surface area contributed by atoms with E-state index in [0.29, 0.717) is 35.7 Å². The Hall–Kier alpha value is -1.22. The zero-order valence-electron chi connectivity index (χ0n) is 12.8. The highest BCUT2D eigenvalue weighted by atomic mass is 79.9. The average molecular weight is 429 g/mol. The number of benzene rings is 1. The highest BCUT2D eigenvalue weighted by Crippen LogP contribution is 2.24. The molecule has 1 aliphatic rings. The summed E-state index contributed by atoms with van der Waals surface area (Å²) in [6.45, 7) is 0.841. The molecular formula is C16H17BrN2O3S2. The Bertz CT molecular complexity index is 814. The first kappa shape index (κ1) is 17.6. The fraction of sp³-hybridized carbons (Fsp3) is 0.312. The largest absolute Gasteiger partial charge is 0.349 e. The smallest absolute Gasteiger partial charge is 0.252 e. The quantitative estimate of drug-likeness (QED) is 0.813. The van der Waals surface area contributed by atoms with Crippen LogP contribution >= 0.6 is 27.3 Å². The Kier molecular flexibility index (Phi) is 5.39. The molecule has 0 unspecified atom stereocenters. The number of rotatable bonds is 4. The molecule has 1 amide bonds. The van der Waals surface area contributed by atoms with Crippen LogP contribution < -0.4 is 5.32 Å². The Morgan fingerprint density at radius 3 is 2.58 bits per heavy atom. The van der Waals surface area contributed by atoms with Crippen molar-refractivity contribution in [3.8, 4) is 0 Å². The molecular weight excluding hydrogens is 412 g/mol. The lowest BCUT2D eigenvalue weighted by atomic mass is 10.1. The van der Waals surface area contributed by atoms with E-state index in [4.69, 9.17) is 0 Å². The molecule has 24 heavy (non-hydrogen) atoms. The zero-order valence-corrected chi connectivity index (χ0v) is 16.0. The number of carbonyl (C=O) groups is 1. The van der Waals surface area contributed by atoms with Gasteiger partial charge >= 0.3 is 0 Å². The van der Waals surface area contributed by atoms with Crippen molar-refractivity contribution < 1.29 is 13.2 Å². The molecule has 0 bridgehead atoms. The summed E-state index contributed by atoms with van der Waals surface area (Å²) in [5, 5.41) is 4.75. The molecule has 0 spiro atoms. The second-order valence-electron chi connectivity index (χ2n) is 5.59. The molecule has 128 valence electrons. The highest BCUT2D eigenvalue weighted by molar-refractivity contribution is 9.10. The van der Waals surface area contributed by atoms with Crippen LogP contribution in [0.4, 0.5) is 0 Å². The summed E-state index contributed by atoms with van der Waals surface area (Å²) in [7, 11) is -3.40. The van der Waals surface area contributed by atoms with E-state index < -0.39 is 10.0 Å². The summed E-state index contributed by atoms with van der Waals surface area (Å²) in [5.41, 5.74) is 0.595. The van der Waals surface area contributed by atoms with E-state index in [-0.39, 0.29) is 11.9 Å². The minimum absolute atomic E-state index is 0.00809. The molecule has 0 radical (unpaired) electrons. The van der Waals surface area contributed by atoms with E-state index in [1.165, 1.54) is 15.6 Å². The number of carbonyl (C=O) groups excluding carboxylic acids is 1. The van der Waals surface area contributed by atoms with E-state index in [1.54, 1.807) is 29.6 Å². The van der Waals surface area contributed by atoms with Gasteiger partial charge in [-0.25, -0.2) is 8.42 Å². The van der Waals surface area contributed by atoms with Gasteiger partial charge in [0.1, 0.15) is 4.21 Å². The zero-order chi connectivity index (χ0) is 17.2. The normalized spacial score (nSPS) is 16.9. The lowest BCUT2D eigenvalue weighted by Gasteiger charge is -2.31. The van der Waals surface area contributed by atoms with Crippen molar-refractivity contribution in [3.63, 3.8) is 0 Å². The van der Waals surface area contributed by atoms with Crippen LogP contribution in [0.15, 0.2) is 50.5 Å². The van der Waals surface area contributed by atoms with Crippen molar-refractivity contribution in [2.75, 3.05) is 13.1 Å². The van der Waals surface area contributed by atoms with E-state index in [0.717, 1.165) is 4.47 Å². The fourth-order valence-corrected chi connectivity index (χ4v) is 5.69. The number of nitrogens with zero attached hydrogens (tertiary/aromatic N) is 1. The summed E-state index contributed by atoms with van der Waals surface area (Å²) in [6, 6.07) is 10.6. The Balaban J connectivity index is 1.59. The van der Waals surface area contributed by atoms with Crippen LogP contribution in [0.1, 0.15) is 23.2 Å². The number of hydrogen-bond acceptors (Lipinski definition) is 4. The van der Waals surface area contributed by atoms with Gasteiger partial charge < -0.3 is 5.32 Å². The summed E-state index contributed by atoms with van der Waals surface area (Å²) in [4.78, 5) is 12.3. The molecule has 3 rings (SSSR count). The van der Waals surface area contributed by atoms with Gasteiger partial charge in [-0.1, -0.05) is 28.1 Å². The van der Waals surface area contributed by atoms with Gasteiger partial charge in [-0.3, -0.25) is 4.79 Å². The van der Waals surface area contributed by atoms with E-state index >= 15 is 0 Å². The molecule has 2 heterocycles. The Morgan fingerprint density at radius 2 is 1.96 bits per heavy atom. The first-order valence-corrected chi connectivity index (χ1v) is 10.7. The van der Waals surface area contributed by atoms with Crippen LogP contribution in [0, 0.1) is 0 Å². The number of hydrogen-bond donors (Lipinski definition) is 1. The topological polar surface area (TPSA) is 66.5 Å². The second-order valence-corrected chi connectivity index (χ2v) is 9.62. The van der Waals surface area contributed by atoms with Crippen molar-refractivity contribution in [1.82, 2.24) is 9.62 Å². The Morgan fingerprint density at radius 1 is 1.21 bits per heavy atom. The summed E-state index contributed by atoms with van der Waals surface area (Å²) in [5.74, 6) is -0.129. The molecule has 0 saturated carbocycles. The molecule has 2 aromatic rings. The predicted molar refractivity (Wildman–Crippen MR) is 97.7 cm³/mol. The maximum Gasteiger partial charge on any atom is 0.252 e. The van der Waals surface area contributed by atoms with Gasteiger partial charge in [0.15, 0.2) is 0 Å². The monoisotopic (exact) mass is 428 g/mol. The molecule has 1 N–H and O–H groups in total. The lowest BCUT2D eigenvalue weighted by molar-refractivity contribution is 0.0924. The van der Waals surface area contributed by atoms with Gasteiger partial charge in [-0.15, -0.1) is 11.3 Å². The van der Waals surface area contributed by atoms with Crippen LogP contribution in [-0.4, -0.2) is 37.8 Å². The standard InChI is InChI=1S/C16H17BrN2O3S2/c17-13-4-1-3-12(11-13)16(20)18-14-6-8-19(9-7-14)24(21,22)15-5-2-10-23-15/h1-5,10-11,14H,6-9H2,(H,18,20). The molecule has 8 heteroatoms. The van der Waals surface area contributed by atoms with Crippen LogP contribution in [0.2, 0.25) is 0 Å². The van der Waals surface area contributed by atoms with Crippen molar-refractivity contribution in [3.05, 3.63) is 51.8 Å². The Labute approximate surface area is 153 Å². The fourth-order valence-electron chi connectivity index (χ4n) is 2.68. The highest BCUT2D eigenvalue weighted by Gasteiger charge is 2.30. The van der Waals surface area contributed by atoms with E-state index in [9.17, 15) is 13.2 Å². The van der Waals surface area contributed by atoms with Crippen LogP contribution in [-0.2, 0) is 10.0 Å². The van der Waals surface area contributed by atoms with E-state index in [1.807, 2.05) is 12.1 Å². The van der Waals surface area contributed by atoms with Gasteiger partial charge in [-0.2, -0.15) is 4.31 Å². The van der Waals surface area contributed by atoms with Gasteiger partial charge in [0.2, 0.25) is 0 Å². The van der Waals surface area contributed by atoms with Gasteiger partial charge in [-0.05, 0) is 42.5 Å². The third-order valence-electron chi connectivity index (χ3n) is 3.97. The van der Waals surface area contributed by atoms with Crippen LogP contribution in [0.3, 0.4) is 0 Å². The maximum atomic E-state index is 12.5. The van der Waals surface area contributed by atoms with Gasteiger partial charge in [0, 0.05) is 29.2 Å². The molecule has 0 aliphatic carbocycles. The minimum Gasteiger partial charge on any atom is -0.349 e. The number of piperidine rings is 1. The molecule has 1 fully saturated rings. The van der Waals surface area contributed by atoms with Gasteiger partial charge in [0.05, 0.1) is 0 Å². The summed E-state index contributed by atoms with van der Waals surface area (Å²) in [6.07, 6.45) is 1.23. The minimum atomic E-state index is -3.40. The van der Waals surface area contributed by atoms with Crippen molar-refractivity contribution >= 4 is 43.2 Å². The van der Waals surface area contributed by atoms with Crippen LogP contribution in [0.5, 0.6) is 0 Å². The number of thiophene rings is 1. The molecule has 5 nitrogen and oxygen atoms in total. The lowest BCUT2D eigenvalue weighted by Crippen LogP contribution is -2.46. The maximum absolute atomic E-state index is 12.5. The summed E-state index contributed by atoms with van der Waals surface area (Å²) < 4.78 is 27.7. The molecule has 1 saturated heterocycles. The third kappa shape index (κ3) is 3.88. The SMILES string of the molecule is O=C(NC1CCN(S(=O)(=O)c2cccs2)CC1)c1cccc(Br)c1. The van der Waals surface area contributed by atoms with Crippen LogP contribution in [0.25, 0.3) is 0 Å². The first-order valence-electron chi connectivity index (χ1n) is 7.57. The van der Waals surface area contributed by atoms with E-state index in [2.05, 4.69) is 21.2 Å². The molecule has 1 aromatic heterocycles. The van der Waals surface area contributed by atoms with Crippen molar-refractivity contribution in [2.45, 2.75) is 23.1 Å². The third-order valence-corrected chi connectivity index (χ3v) is 7.73. The second kappa shape index (κ2) is 7.35. The first-order chi connectivity index (χ1) is 11.5.